The predicted octanol–water partition coefficient (Wildman–Crippen LogP) is 2.51. The Bertz CT molecular complexity index is 717. The normalized spacial score (nSPS) is 12.7. The molecule has 0 bridgehead atoms. The van der Waals surface area contributed by atoms with Gasteiger partial charge in [0.25, 0.3) is 5.91 Å². The van der Waals surface area contributed by atoms with Crippen molar-refractivity contribution in [2.75, 3.05) is 6.79 Å². The molecule has 0 saturated heterocycles. The molecule has 6 nitrogen and oxygen atoms in total. The molecule has 0 fully saturated rings. The number of carbonyl (C=O) groups is 1. The topological polar surface area (TPSA) is 56.6 Å². The van der Waals surface area contributed by atoms with E-state index in [0.717, 1.165) is 22.8 Å². The summed E-state index contributed by atoms with van der Waals surface area (Å²) in [6.45, 7) is 6.60. The van der Waals surface area contributed by atoms with Crippen molar-refractivity contribution in [1.29, 1.82) is 0 Å². The Balaban J connectivity index is 1.88. The van der Waals surface area contributed by atoms with Crippen LogP contribution in [-0.4, -0.2) is 33.4 Å². The van der Waals surface area contributed by atoms with Crippen LogP contribution in [0.1, 0.15) is 35.6 Å². The molecule has 1 aromatic carbocycles. The maximum atomic E-state index is 12.8. The summed E-state index contributed by atoms with van der Waals surface area (Å²) < 4.78 is 12.7. The Morgan fingerprint density at radius 3 is 2.83 bits per heavy atom. The summed E-state index contributed by atoms with van der Waals surface area (Å²) in [6.07, 6.45) is 0. The van der Waals surface area contributed by atoms with E-state index in [1.54, 1.807) is 9.58 Å². The molecule has 1 aliphatic rings. The van der Waals surface area contributed by atoms with Gasteiger partial charge in [0.2, 0.25) is 6.79 Å². The van der Waals surface area contributed by atoms with Crippen LogP contribution >= 0.6 is 0 Å². The van der Waals surface area contributed by atoms with Crippen LogP contribution in [0.25, 0.3) is 0 Å². The first-order valence-electron chi connectivity index (χ1n) is 7.66. The summed E-state index contributed by atoms with van der Waals surface area (Å²) in [4.78, 5) is 14.6. The van der Waals surface area contributed by atoms with Crippen LogP contribution in [0.5, 0.6) is 11.5 Å². The summed E-state index contributed by atoms with van der Waals surface area (Å²) in [7, 11) is 1.83. The molecule has 0 spiro atoms. The van der Waals surface area contributed by atoms with Gasteiger partial charge in [0.15, 0.2) is 17.2 Å². The zero-order valence-electron chi connectivity index (χ0n) is 13.9. The second-order valence-electron chi connectivity index (χ2n) is 5.97. The Kier molecular flexibility index (Phi) is 3.98. The lowest BCUT2D eigenvalue weighted by molar-refractivity contribution is 0.0681. The summed E-state index contributed by atoms with van der Waals surface area (Å²) in [5, 5.41) is 4.30. The SMILES string of the molecule is Cc1cc(C(=O)N(Cc2cccc3c2OCO3)C(C)C)nn1C. The highest BCUT2D eigenvalue weighted by molar-refractivity contribution is 5.92. The number of aryl methyl sites for hydroxylation is 2. The van der Waals surface area contributed by atoms with Crippen molar-refractivity contribution < 1.29 is 14.3 Å². The lowest BCUT2D eigenvalue weighted by Gasteiger charge is -2.26. The number of carbonyl (C=O) groups excluding carboxylic acids is 1. The maximum absolute atomic E-state index is 12.8. The van der Waals surface area contributed by atoms with E-state index in [1.807, 2.05) is 52.1 Å². The number of benzene rings is 1. The molecule has 23 heavy (non-hydrogen) atoms. The van der Waals surface area contributed by atoms with E-state index < -0.39 is 0 Å². The summed E-state index contributed by atoms with van der Waals surface area (Å²) in [5.41, 5.74) is 2.35. The predicted molar refractivity (Wildman–Crippen MR) is 85.5 cm³/mol. The molecule has 2 heterocycles. The van der Waals surface area contributed by atoms with E-state index in [9.17, 15) is 4.79 Å². The van der Waals surface area contributed by atoms with Crippen LogP contribution in [-0.2, 0) is 13.6 Å². The number of hydrogen-bond acceptors (Lipinski definition) is 4. The van der Waals surface area contributed by atoms with Crippen LogP contribution in [0.3, 0.4) is 0 Å². The first-order valence-corrected chi connectivity index (χ1v) is 7.66. The first-order chi connectivity index (χ1) is 11.0. The average Bonchev–Trinajstić information content (AvgIpc) is 3.11. The van der Waals surface area contributed by atoms with Crippen molar-refractivity contribution >= 4 is 5.91 Å². The summed E-state index contributed by atoms with van der Waals surface area (Å²) in [6, 6.07) is 7.60. The van der Waals surface area contributed by atoms with Crippen molar-refractivity contribution in [3.63, 3.8) is 0 Å². The number of ether oxygens (including phenoxy) is 2. The third kappa shape index (κ3) is 2.88. The molecule has 6 heteroatoms. The molecule has 1 amide bonds. The van der Waals surface area contributed by atoms with E-state index >= 15 is 0 Å². The maximum Gasteiger partial charge on any atom is 0.274 e. The highest BCUT2D eigenvalue weighted by Gasteiger charge is 2.25. The molecular weight excluding hydrogens is 294 g/mol. The monoisotopic (exact) mass is 315 g/mol. The quantitative estimate of drug-likeness (QED) is 0.870. The van der Waals surface area contributed by atoms with Gasteiger partial charge in [-0.05, 0) is 32.9 Å². The number of fused-ring (bicyclic) bond motifs is 1. The van der Waals surface area contributed by atoms with E-state index in [-0.39, 0.29) is 18.7 Å². The smallest absolute Gasteiger partial charge is 0.274 e. The van der Waals surface area contributed by atoms with Gasteiger partial charge in [0.1, 0.15) is 0 Å². The molecule has 2 aromatic rings. The number of rotatable bonds is 4. The Hall–Kier alpha value is -2.50. The molecule has 1 aromatic heterocycles. The van der Waals surface area contributed by atoms with E-state index in [1.165, 1.54) is 0 Å². The second kappa shape index (κ2) is 5.95. The second-order valence-corrected chi connectivity index (χ2v) is 5.97. The largest absolute Gasteiger partial charge is 0.454 e. The standard InChI is InChI=1S/C17H21N3O3/c1-11(2)20(17(21)14-8-12(3)19(4)18-14)9-13-6-5-7-15-16(13)23-10-22-15/h5-8,11H,9-10H2,1-4H3. The molecule has 0 N–H and O–H groups in total. The Morgan fingerprint density at radius 1 is 1.39 bits per heavy atom. The van der Waals surface area contributed by atoms with Gasteiger partial charge >= 0.3 is 0 Å². The third-order valence-electron chi connectivity index (χ3n) is 4.04. The van der Waals surface area contributed by atoms with Gasteiger partial charge in [-0.15, -0.1) is 0 Å². The highest BCUT2D eigenvalue weighted by Crippen LogP contribution is 2.36. The van der Waals surface area contributed by atoms with Gasteiger partial charge in [-0.1, -0.05) is 12.1 Å². The molecule has 0 radical (unpaired) electrons. The number of hydrogen-bond donors (Lipinski definition) is 0. The van der Waals surface area contributed by atoms with Crippen LogP contribution in [0.15, 0.2) is 24.3 Å². The van der Waals surface area contributed by atoms with Crippen LogP contribution in [0.2, 0.25) is 0 Å². The number of nitrogens with zero attached hydrogens (tertiary/aromatic N) is 3. The molecule has 122 valence electrons. The highest BCUT2D eigenvalue weighted by atomic mass is 16.7. The van der Waals surface area contributed by atoms with Gasteiger partial charge in [0.05, 0.1) is 6.54 Å². The fraction of sp³-hybridized carbons (Fsp3) is 0.412. The molecule has 0 saturated carbocycles. The van der Waals surface area contributed by atoms with Crippen molar-refractivity contribution in [3.8, 4) is 11.5 Å². The molecule has 0 atom stereocenters. The summed E-state index contributed by atoms with van der Waals surface area (Å²) in [5.74, 6) is 1.37. The van der Waals surface area contributed by atoms with E-state index in [2.05, 4.69) is 5.10 Å². The first kappa shape index (κ1) is 15.4. The third-order valence-corrected chi connectivity index (χ3v) is 4.04. The number of para-hydroxylation sites is 1. The fourth-order valence-corrected chi connectivity index (χ4v) is 2.60. The number of amides is 1. The van der Waals surface area contributed by atoms with Crippen LogP contribution in [0.4, 0.5) is 0 Å². The minimum Gasteiger partial charge on any atom is -0.454 e. The molecule has 3 rings (SSSR count). The zero-order valence-corrected chi connectivity index (χ0v) is 13.9. The van der Waals surface area contributed by atoms with Gasteiger partial charge in [0, 0.05) is 24.3 Å². The lowest BCUT2D eigenvalue weighted by Crippen LogP contribution is -2.36. The van der Waals surface area contributed by atoms with Gasteiger partial charge in [-0.25, -0.2) is 0 Å². The van der Waals surface area contributed by atoms with Crippen molar-refractivity contribution in [2.24, 2.45) is 7.05 Å². The average molecular weight is 315 g/mol. The minimum absolute atomic E-state index is 0.0444. The number of aromatic nitrogens is 2. The van der Waals surface area contributed by atoms with Crippen LogP contribution in [0, 0.1) is 6.92 Å². The van der Waals surface area contributed by atoms with Gasteiger partial charge < -0.3 is 14.4 Å². The summed E-state index contributed by atoms with van der Waals surface area (Å²) >= 11 is 0. The van der Waals surface area contributed by atoms with Gasteiger partial charge in [-0.3, -0.25) is 9.48 Å². The van der Waals surface area contributed by atoms with Crippen LogP contribution < -0.4 is 9.47 Å². The van der Waals surface area contributed by atoms with E-state index in [4.69, 9.17) is 9.47 Å². The Morgan fingerprint density at radius 2 is 2.17 bits per heavy atom. The fourth-order valence-electron chi connectivity index (χ4n) is 2.60. The Labute approximate surface area is 135 Å². The zero-order chi connectivity index (χ0) is 16.6. The minimum atomic E-state index is -0.0831. The lowest BCUT2D eigenvalue weighted by atomic mass is 10.1. The van der Waals surface area contributed by atoms with Crippen molar-refractivity contribution in [1.82, 2.24) is 14.7 Å². The van der Waals surface area contributed by atoms with Crippen molar-refractivity contribution in [3.05, 3.63) is 41.2 Å². The van der Waals surface area contributed by atoms with Crippen molar-refractivity contribution in [2.45, 2.75) is 33.4 Å². The molecule has 0 unspecified atom stereocenters. The molecule has 1 aliphatic heterocycles. The molecular formula is C17H21N3O3. The van der Waals surface area contributed by atoms with Gasteiger partial charge in [-0.2, -0.15) is 5.10 Å². The van der Waals surface area contributed by atoms with E-state index in [0.29, 0.717) is 12.2 Å². The molecule has 0 aliphatic carbocycles.